The van der Waals surface area contributed by atoms with E-state index in [4.69, 9.17) is 4.74 Å². The number of ether oxygens (including phenoxy) is 1. The van der Waals surface area contributed by atoms with Gasteiger partial charge in [0, 0.05) is 38.0 Å². The van der Waals surface area contributed by atoms with Crippen LogP contribution in [0.5, 0.6) is 0 Å². The average Bonchev–Trinajstić information content (AvgIpc) is 2.69. The van der Waals surface area contributed by atoms with Crippen LogP contribution in [0, 0.1) is 0 Å². The highest BCUT2D eigenvalue weighted by atomic mass is 16.5. The Morgan fingerprint density at radius 1 is 1.29 bits per heavy atom. The van der Waals surface area contributed by atoms with Crippen molar-refractivity contribution in [2.24, 2.45) is 0 Å². The van der Waals surface area contributed by atoms with Gasteiger partial charge < -0.3 is 14.6 Å². The first-order valence-corrected chi connectivity index (χ1v) is 6.07. The molecule has 0 aliphatic rings. The first-order valence-electron chi connectivity index (χ1n) is 6.07. The minimum atomic E-state index is 0.811. The predicted molar refractivity (Wildman–Crippen MR) is 71.2 cm³/mol. The van der Waals surface area contributed by atoms with E-state index in [0.29, 0.717) is 0 Å². The van der Waals surface area contributed by atoms with Gasteiger partial charge in [0.15, 0.2) is 0 Å². The topological polar surface area (TPSA) is 26.2 Å². The van der Waals surface area contributed by atoms with Crippen LogP contribution < -0.4 is 5.32 Å². The molecule has 3 nitrogen and oxygen atoms in total. The fourth-order valence-corrected chi connectivity index (χ4v) is 2.23. The van der Waals surface area contributed by atoms with Gasteiger partial charge in [-0.15, -0.1) is 0 Å². The first-order chi connectivity index (χ1) is 8.36. The molecule has 3 heteroatoms. The Morgan fingerprint density at radius 3 is 2.88 bits per heavy atom. The van der Waals surface area contributed by atoms with Crippen LogP contribution in [0.15, 0.2) is 30.3 Å². The van der Waals surface area contributed by atoms with Crippen molar-refractivity contribution >= 4 is 10.9 Å². The molecule has 92 valence electrons. The summed E-state index contributed by atoms with van der Waals surface area (Å²) >= 11 is 0. The van der Waals surface area contributed by atoms with E-state index >= 15 is 0 Å². The van der Waals surface area contributed by atoms with Crippen LogP contribution in [-0.4, -0.2) is 25.3 Å². The number of hydrogen-bond donors (Lipinski definition) is 1. The molecule has 0 unspecified atom stereocenters. The molecule has 0 amide bonds. The van der Waals surface area contributed by atoms with Crippen molar-refractivity contribution in [2.45, 2.75) is 19.5 Å². The molecule has 2 aromatic rings. The Hall–Kier alpha value is -1.32. The second-order valence-corrected chi connectivity index (χ2v) is 4.22. The second kappa shape index (κ2) is 5.84. The van der Waals surface area contributed by atoms with E-state index in [2.05, 4.69) is 40.2 Å². The van der Waals surface area contributed by atoms with Crippen molar-refractivity contribution in [3.63, 3.8) is 0 Å². The zero-order chi connectivity index (χ0) is 12.1. The van der Waals surface area contributed by atoms with E-state index in [1.165, 1.54) is 16.6 Å². The number of hydrogen-bond acceptors (Lipinski definition) is 2. The van der Waals surface area contributed by atoms with Gasteiger partial charge in [-0.25, -0.2) is 0 Å². The molecule has 1 N–H and O–H groups in total. The first kappa shape index (κ1) is 12.1. The van der Waals surface area contributed by atoms with E-state index in [1.807, 2.05) is 7.05 Å². The lowest BCUT2D eigenvalue weighted by atomic mass is 10.2. The van der Waals surface area contributed by atoms with Crippen LogP contribution in [0.3, 0.4) is 0 Å². The van der Waals surface area contributed by atoms with Crippen molar-refractivity contribution in [3.05, 3.63) is 36.0 Å². The lowest BCUT2D eigenvalue weighted by molar-refractivity contribution is 0.190. The van der Waals surface area contributed by atoms with Gasteiger partial charge in [0.1, 0.15) is 0 Å². The van der Waals surface area contributed by atoms with Crippen LogP contribution in [0.25, 0.3) is 10.9 Å². The van der Waals surface area contributed by atoms with Gasteiger partial charge >= 0.3 is 0 Å². The Bertz CT molecular complexity index is 476. The van der Waals surface area contributed by atoms with E-state index in [9.17, 15) is 0 Å². The number of aromatic nitrogens is 1. The third-order valence-corrected chi connectivity index (χ3v) is 2.98. The van der Waals surface area contributed by atoms with Crippen molar-refractivity contribution in [2.75, 3.05) is 20.8 Å². The summed E-state index contributed by atoms with van der Waals surface area (Å²) in [6, 6.07) is 10.8. The molecule has 0 bridgehead atoms. The van der Waals surface area contributed by atoms with E-state index in [1.54, 1.807) is 7.11 Å². The van der Waals surface area contributed by atoms with Gasteiger partial charge in [-0.1, -0.05) is 18.2 Å². The van der Waals surface area contributed by atoms with Crippen molar-refractivity contribution in [1.82, 2.24) is 9.88 Å². The quantitative estimate of drug-likeness (QED) is 0.774. The fourth-order valence-electron chi connectivity index (χ4n) is 2.23. The monoisotopic (exact) mass is 232 g/mol. The number of benzene rings is 1. The fraction of sp³-hybridized carbons (Fsp3) is 0.429. The molecule has 1 heterocycles. The van der Waals surface area contributed by atoms with Gasteiger partial charge in [-0.3, -0.25) is 0 Å². The minimum Gasteiger partial charge on any atom is -0.385 e. The molecule has 0 spiro atoms. The highest BCUT2D eigenvalue weighted by Gasteiger charge is 2.06. The van der Waals surface area contributed by atoms with Crippen LogP contribution in [0.2, 0.25) is 0 Å². The van der Waals surface area contributed by atoms with E-state index in [0.717, 1.165) is 26.1 Å². The summed E-state index contributed by atoms with van der Waals surface area (Å²) in [4.78, 5) is 0. The molecule has 0 fully saturated rings. The molecule has 1 aromatic carbocycles. The van der Waals surface area contributed by atoms with E-state index < -0.39 is 0 Å². The molecule has 0 aliphatic heterocycles. The molecule has 1 aromatic heterocycles. The maximum atomic E-state index is 5.12. The zero-order valence-electron chi connectivity index (χ0n) is 10.6. The Labute approximate surface area is 102 Å². The van der Waals surface area contributed by atoms with Crippen LogP contribution in [0.4, 0.5) is 0 Å². The molecule has 0 atom stereocenters. The smallest absolute Gasteiger partial charge is 0.0482 e. The summed E-state index contributed by atoms with van der Waals surface area (Å²) in [5.41, 5.74) is 2.65. The lowest BCUT2D eigenvalue weighted by Gasteiger charge is -2.10. The SMILES string of the molecule is CNCc1cc2ccccc2n1CCCOC. The number of para-hydroxylation sites is 1. The lowest BCUT2D eigenvalue weighted by Crippen LogP contribution is -2.12. The van der Waals surface area contributed by atoms with Gasteiger partial charge in [0.2, 0.25) is 0 Å². The largest absolute Gasteiger partial charge is 0.385 e. The normalized spacial score (nSPS) is 11.2. The standard InChI is InChI=1S/C14H20N2O/c1-15-11-13-10-12-6-3-4-7-14(12)16(13)8-5-9-17-2/h3-4,6-7,10,15H,5,8-9,11H2,1-2H3. The summed E-state index contributed by atoms with van der Waals surface area (Å²) in [7, 11) is 3.74. The number of fused-ring (bicyclic) bond motifs is 1. The maximum Gasteiger partial charge on any atom is 0.0482 e. The molecular weight excluding hydrogens is 212 g/mol. The highest BCUT2D eigenvalue weighted by Crippen LogP contribution is 2.20. The van der Waals surface area contributed by atoms with Crippen molar-refractivity contribution < 1.29 is 4.74 Å². The number of aryl methyl sites for hydroxylation is 1. The summed E-state index contributed by atoms with van der Waals surface area (Å²) < 4.78 is 7.50. The van der Waals surface area contributed by atoms with Gasteiger partial charge in [0.05, 0.1) is 0 Å². The summed E-state index contributed by atoms with van der Waals surface area (Å²) in [5, 5.41) is 4.54. The molecule has 0 saturated carbocycles. The van der Waals surface area contributed by atoms with Crippen molar-refractivity contribution in [1.29, 1.82) is 0 Å². The van der Waals surface area contributed by atoms with Crippen LogP contribution >= 0.6 is 0 Å². The van der Waals surface area contributed by atoms with Gasteiger partial charge in [0.25, 0.3) is 0 Å². The average molecular weight is 232 g/mol. The number of rotatable bonds is 6. The Kier molecular flexibility index (Phi) is 4.18. The Balaban J connectivity index is 2.30. The molecule has 0 radical (unpaired) electrons. The van der Waals surface area contributed by atoms with Crippen molar-refractivity contribution in [3.8, 4) is 0 Å². The number of nitrogens with zero attached hydrogens (tertiary/aromatic N) is 1. The third-order valence-electron chi connectivity index (χ3n) is 2.98. The molecule has 17 heavy (non-hydrogen) atoms. The molecule has 2 rings (SSSR count). The molecule has 0 saturated heterocycles. The Morgan fingerprint density at radius 2 is 2.12 bits per heavy atom. The summed E-state index contributed by atoms with van der Waals surface area (Å²) in [6.07, 6.45) is 1.05. The molecular formula is C14H20N2O. The summed E-state index contributed by atoms with van der Waals surface area (Å²) in [5.74, 6) is 0. The third kappa shape index (κ3) is 2.68. The predicted octanol–water partition coefficient (Wildman–Crippen LogP) is 2.40. The number of nitrogens with one attached hydrogen (secondary N) is 1. The van der Waals surface area contributed by atoms with Crippen LogP contribution in [0.1, 0.15) is 12.1 Å². The molecule has 0 aliphatic carbocycles. The maximum absolute atomic E-state index is 5.12. The van der Waals surface area contributed by atoms with E-state index in [-0.39, 0.29) is 0 Å². The van der Waals surface area contributed by atoms with Gasteiger partial charge in [-0.05, 0) is 31.0 Å². The number of methoxy groups -OCH3 is 1. The highest BCUT2D eigenvalue weighted by molar-refractivity contribution is 5.81. The van der Waals surface area contributed by atoms with Gasteiger partial charge in [-0.2, -0.15) is 0 Å². The second-order valence-electron chi connectivity index (χ2n) is 4.22. The zero-order valence-corrected chi connectivity index (χ0v) is 10.6. The van der Waals surface area contributed by atoms with Crippen LogP contribution in [-0.2, 0) is 17.8 Å². The summed E-state index contributed by atoms with van der Waals surface area (Å²) in [6.45, 7) is 2.73. The minimum absolute atomic E-state index is 0.811.